The van der Waals surface area contributed by atoms with Gasteiger partial charge in [0.05, 0.1) is 23.2 Å². The topological polar surface area (TPSA) is 59.2 Å². The van der Waals surface area contributed by atoms with Crippen molar-refractivity contribution in [2.24, 2.45) is 0 Å². The Morgan fingerprint density at radius 2 is 1.76 bits per heavy atom. The Kier molecular flexibility index (Phi) is 7.99. The molecule has 4 rings (SSSR count). The van der Waals surface area contributed by atoms with Crippen molar-refractivity contribution in [3.63, 3.8) is 0 Å². The summed E-state index contributed by atoms with van der Waals surface area (Å²) in [4.78, 5) is 7.98. The van der Waals surface area contributed by atoms with E-state index >= 15 is 0 Å². The number of hydrogen-bond donors (Lipinski definition) is 2. The summed E-state index contributed by atoms with van der Waals surface area (Å²) in [7, 11) is 1.59. The summed E-state index contributed by atoms with van der Waals surface area (Å²) in [6, 6.07) is 17.2. The van der Waals surface area contributed by atoms with Crippen LogP contribution in [0.3, 0.4) is 0 Å². The minimum atomic E-state index is 0.188. The molecular weight excluding hydrogens is 481 g/mol. The Balaban J connectivity index is 1.31. The van der Waals surface area contributed by atoms with E-state index in [1.165, 1.54) is 0 Å². The van der Waals surface area contributed by atoms with Crippen LogP contribution in [0.1, 0.15) is 23.4 Å². The third kappa shape index (κ3) is 5.92. The molecule has 0 aliphatic rings. The van der Waals surface area contributed by atoms with E-state index in [9.17, 15) is 0 Å². The molecule has 8 heteroatoms. The fraction of sp³-hybridized carbons (Fsp3) is 0.240. The lowest BCUT2D eigenvalue weighted by Gasteiger charge is -2.15. The fourth-order valence-corrected chi connectivity index (χ4v) is 4.36. The van der Waals surface area contributed by atoms with Crippen LogP contribution in [0.2, 0.25) is 15.1 Å². The van der Waals surface area contributed by atoms with E-state index in [4.69, 9.17) is 44.3 Å². The molecule has 5 nitrogen and oxygen atoms in total. The molecule has 0 amide bonds. The Morgan fingerprint density at radius 3 is 2.52 bits per heavy atom. The van der Waals surface area contributed by atoms with Crippen LogP contribution in [0.25, 0.3) is 11.0 Å². The number of aromatic nitrogens is 2. The van der Waals surface area contributed by atoms with Gasteiger partial charge < -0.3 is 19.8 Å². The summed E-state index contributed by atoms with van der Waals surface area (Å²) >= 11 is 19.0. The maximum absolute atomic E-state index is 6.51. The average molecular weight is 505 g/mol. The molecular formula is C25H24Cl3N3O2. The van der Waals surface area contributed by atoms with E-state index in [0.29, 0.717) is 38.7 Å². The number of ether oxygens (including phenoxy) is 2. The van der Waals surface area contributed by atoms with Crippen molar-refractivity contribution in [2.45, 2.75) is 26.0 Å². The fourth-order valence-electron chi connectivity index (χ4n) is 3.57. The number of aryl methyl sites for hydroxylation is 1. The van der Waals surface area contributed by atoms with Gasteiger partial charge in [0, 0.05) is 28.6 Å². The minimum Gasteiger partial charge on any atom is -0.493 e. The summed E-state index contributed by atoms with van der Waals surface area (Å²) in [6.45, 7) is 1.70. The lowest BCUT2D eigenvalue weighted by atomic mass is 10.2. The zero-order chi connectivity index (χ0) is 23.2. The number of rotatable bonds is 10. The number of benzene rings is 3. The van der Waals surface area contributed by atoms with E-state index in [2.05, 4.69) is 15.3 Å². The van der Waals surface area contributed by atoms with E-state index < -0.39 is 0 Å². The number of imidazole rings is 1. The highest BCUT2D eigenvalue weighted by Crippen LogP contribution is 2.38. The lowest BCUT2D eigenvalue weighted by molar-refractivity contribution is 0.284. The standard InChI is InChI=1S/C25H24Cl3N3O2/c1-32-23-13-16(12-20(28)25(23)33-15-17-18(26)6-4-7-19(17)27)14-29-11-5-10-24-30-21-8-2-3-9-22(21)31-24/h2-4,6-9,12-13,29H,5,10-11,14-15H2,1H3,(H,30,31). The first-order chi connectivity index (χ1) is 16.0. The second kappa shape index (κ2) is 11.1. The highest BCUT2D eigenvalue weighted by Gasteiger charge is 2.14. The molecule has 0 bridgehead atoms. The highest BCUT2D eigenvalue weighted by atomic mass is 35.5. The molecule has 3 aromatic carbocycles. The van der Waals surface area contributed by atoms with Crippen LogP contribution in [0.4, 0.5) is 0 Å². The normalized spacial score (nSPS) is 11.2. The van der Waals surface area contributed by atoms with E-state index in [1.54, 1.807) is 25.3 Å². The van der Waals surface area contributed by atoms with Crippen molar-refractivity contribution in [1.82, 2.24) is 15.3 Å². The van der Waals surface area contributed by atoms with Crippen LogP contribution in [-0.2, 0) is 19.6 Å². The zero-order valence-electron chi connectivity index (χ0n) is 18.1. The molecule has 172 valence electrons. The Morgan fingerprint density at radius 1 is 0.970 bits per heavy atom. The largest absolute Gasteiger partial charge is 0.493 e. The quantitative estimate of drug-likeness (QED) is 0.232. The van der Waals surface area contributed by atoms with Gasteiger partial charge in [0.1, 0.15) is 12.4 Å². The zero-order valence-corrected chi connectivity index (χ0v) is 20.4. The molecule has 0 spiro atoms. The van der Waals surface area contributed by atoms with Crippen LogP contribution in [0.5, 0.6) is 11.5 Å². The molecule has 0 fully saturated rings. The second-order valence-electron chi connectivity index (χ2n) is 7.58. The van der Waals surface area contributed by atoms with Gasteiger partial charge in [-0.05, 0) is 54.9 Å². The molecule has 0 aliphatic heterocycles. The van der Waals surface area contributed by atoms with Crippen molar-refractivity contribution in [3.8, 4) is 11.5 Å². The molecule has 4 aromatic rings. The Labute approximate surface area is 208 Å². The predicted molar refractivity (Wildman–Crippen MR) is 135 cm³/mol. The molecule has 0 radical (unpaired) electrons. The molecule has 0 aliphatic carbocycles. The van der Waals surface area contributed by atoms with Crippen LogP contribution in [0.15, 0.2) is 54.6 Å². The number of para-hydroxylation sites is 2. The Bertz CT molecular complexity index is 1190. The van der Waals surface area contributed by atoms with Crippen LogP contribution >= 0.6 is 34.8 Å². The van der Waals surface area contributed by atoms with Gasteiger partial charge in [-0.1, -0.05) is 53.0 Å². The molecule has 1 heterocycles. The van der Waals surface area contributed by atoms with Crippen molar-refractivity contribution in [3.05, 3.63) is 86.6 Å². The van der Waals surface area contributed by atoms with Crippen molar-refractivity contribution in [2.75, 3.05) is 13.7 Å². The Hall–Kier alpha value is -2.44. The van der Waals surface area contributed by atoms with E-state index in [1.807, 2.05) is 36.4 Å². The molecule has 0 atom stereocenters. The third-order valence-electron chi connectivity index (χ3n) is 5.25. The highest BCUT2D eigenvalue weighted by molar-refractivity contribution is 6.36. The van der Waals surface area contributed by atoms with Crippen LogP contribution in [0, 0.1) is 0 Å². The molecule has 0 unspecified atom stereocenters. The lowest BCUT2D eigenvalue weighted by Crippen LogP contribution is -2.15. The smallest absolute Gasteiger partial charge is 0.180 e. The number of hydrogen-bond acceptors (Lipinski definition) is 4. The van der Waals surface area contributed by atoms with Crippen LogP contribution < -0.4 is 14.8 Å². The third-order valence-corrected chi connectivity index (χ3v) is 6.24. The summed E-state index contributed by atoms with van der Waals surface area (Å²) < 4.78 is 11.4. The number of nitrogens with zero attached hydrogens (tertiary/aromatic N) is 1. The average Bonchev–Trinajstić information content (AvgIpc) is 3.22. The van der Waals surface area contributed by atoms with E-state index in [0.717, 1.165) is 41.8 Å². The van der Waals surface area contributed by atoms with Gasteiger partial charge in [-0.2, -0.15) is 0 Å². The SMILES string of the molecule is COc1cc(CNCCCc2nc3ccccc3[nH]2)cc(Cl)c1OCc1c(Cl)cccc1Cl. The number of methoxy groups -OCH3 is 1. The summed E-state index contributed by atoms with van der Waals surface area (Å²) in [5.41, 5.74) is 3.78. The minimum absolute atomic E-state index is 0.188. The number of aromatic amines is 1. The number of nitrogens with one attached hydrogen (secondary N) is 2. The van der Waals surface area contributed by atoms with Crippen molar-refractivity contribution < 1.29 is 9.47 Å². The summed E-state index contributed by atoms with van der Waals surface area (Å²) in [5, 5.41) is 5.00. The van der Waals surface area contributed by atoms with Gasteiger partial charge in [-0.15, -0.1) is 0 Å². The first-order valence-corrected chi connectivity index (χ1v) is 11.7. The summed E-state index contributed by atoms with van der Waals surface area (Å²) in [6.07, 6.45) is 1.84. The molecule has 0 saturated heterocycles. The molecule has 2 N–H and O–H groups in total. The first-order valence-electron chi connectivity index (χ1n) is 10.6. The monoisotopic (exact) mass is 503 g/mol. The van der Waals surface area contributed by atoms with Gasteiger partial charge in [-0.25, -0.2) is 4.98 Å². The van der Waals surface area contributed by atoms with Crippen molar-refractivity contribution >= 4 is 45.8 Å². The maximum Gasteiger partial charge on any atom is 0.180 e. The molecule has 1 aromatic heterocycles. The van der Waals surface area contributed by atoms with Crippen molar-refractivity contribution in [1.29, 1.82) is 0 Å². The number of halogens is 3. The second-order valence-corrected chi connectivity index (χ2v) is 8.80. The predicted octanol–water partition coefficient (Wildman–Crippen LogP) is 6.83. The first kappa shape index (κ1) is 23.7. The van der Waals surface area contributed by atoms with Gasteiger partial charge in [0.25, 0.3) is 0 Å². The number of H-pyrrole nitrogens is 1. The summed E-state index contributed by atoms with van der Waals surface area (Å²) in [5.74, 6) is 2.02. The molecule has 0 saturated carbocycles. The number of fused-ring (bicyclic) bond motifs is 1. The van der Waals surface area contributed by atoms with Crippen LogP contribution in [-0.4, -0.2) is 23.6 Å². The van der Waals surface area contributed by atoms with Gasteiger partial charge >= 0.3 is 0 Å². The maximum atomic E-state index is 6.51. The van der Waals surface area contributed by atoms with Gasteiger partial charge in [0.2, 0.25) is 0 Å². The van der Waals surface area contributed by atoms with E-state index in [-0.39, 0.29) is 6.61 Å². The van der Waals surface area contributed by atoms with Gasteiger partial charge in [-0.3, -0.25) is 0 Å². The molecule has 33 heavy (non-hydrogen) atoms. The van der Waals surface area contributed by atoms with Gasteiger partial charge in [0.15, 0.2) is 11.5 Å².